The Bertz CT molecular complexity index is 502. The van der Waals surface area contributed by atoms with Gasteiger partial charge in [-0.2, -0.15) is 13.2 Å². The maximum atomic E-state index is 12.7. The van der Waals surface area contributed by atoms with Crippen molar-refractivity contribution in [1.82, 2.24) is 0 Å². The van der Waals surface area contributed by atoms with Gasteiger partial charge >= 0.3 is 6.18 Å². The third-order valence-corrected chi connectivity index (χ3v) is 2.60. The summed E-state index contributed by atoms with van der Waals surface area (Å²) in [5, 5.41) is 10.1. The number of fused-ring (bicyclic) bond motifs is 1. The van der Waals surface area contributed by atoms with Crippen molar-refractivity contribution in [2.24, 2.45) is 5.73 Å². The van der Waals surface area contributed by atoms with Crippen LogP contribution in [-0.2, 0) is 5.60 Å². The summed E-state index contributed by atoms with van der Waals surface area (Å²) in [5.41, 5.74) is 2.15. The Kier molecular flexibility index (Phi) is 2.63. The molecule has 0 aliphatic rings. The SMILES string of the molecule is NCC(O)(c1cc2ccccc2o1)C(F)(F)F. The number of halogens is 3. The number of benzene rings is 1. The number of nitrogens with two attached hydrogens (primary N) is 1. The van der Waals surface area contributed by atoms with E-state index in [1.54, 1.807) is 18.2 Å². The Balaban J connectivity index is 2.58. The highest BCUT2D eigenvalue weighted by Gasteiger charge is 2.56. The van der Waals surface area contributed by atoms with Gasteiger partial charge in [-0.05, 0) is 12.1 Å². The molecular weight excluding hydrogens is 235 g/mol. The van der Waals surface area contributed by atoms with Gasteiger partial charge in [-0.3, -0.25) is 0 Å². The van der Waals surface area contributed by atoms with Crippen molar-refractivity contribution in [1.29, 1.82) is 0 Å². The molecule has 1 aromatic carbocycles. The summed E-state index contributed by atoms with van der Waals surface area (Å²) in [6.07, 6.45) is -4.88. The van der Waals surface area contributed by atoms with Crippen LogP contribution in [0.5, 0.6) is 0 Å². The minimum absolute atomic E-state index is 0.277. The van der Waals surface area contributed by atoms with E-state index in [1.807, 2.05) is 0 Å². The quantitative estimate of drug-likeness (QED) is 0.852. The predicted molar refractivity (Wildman–Crippen MR) is 55.2 cm³/mol. The lowest BCUT2D eigenvalue weighted by Gasteiger charge is -2.26. The summed E-state index contributed by atoms with van der Waals surface area (Å²) in [7, 11) is 0. The van der Waals surface area contributed by atoms with E-state index >= 15 is 0 Å². The fraction of sp³-hybridized carbons (Fsp3) is 0.273. The monoisotopic (exact) mass is 245 g/mol. The predicted octanol–water partition coefficient (Wildman–Crippen LogP) is 2.14. The molecule has 1 unspecified atom stereocenters. The number of hydrogen-bond donors (Lipinski definition) is 2. The maximum absolute atomic E-state index is 12.7. The average Bonchev–Trinajstić information content (AvgIpc) is 2.70. The molecule has 0 saturated carbocycles. The summed E-state index contributed by atoms with van der Waals surface area (Å²) >= 11 is 0. The van der Waals surface area contributed by atoms with Crippen LogP contribution in [0.3, 0.4) is 0 Å². The normalized spacial score (nSPS) is 16.1. The molecule has 3 N–H and O–H groups in total. The largest absolute Gasteiger partial charge is 0.458 e. The van der Waals surface area contributed by atoms with Gasteiger partial charge in [-0.25, -0.2) is 0 Å². The topological polar surface area (TPSA) is 59.4 Å². The number of rotatable bonds is 2. The minimum atomic E-state index is -4.88. The number of para-hydroxylation sites is 1. The summed E-state index contributed by atoms with van der Waals surface area (Å²) in [6.45, 7) is -0.990. The highest BCUT2D eigenvalue weighted by molar-refractivity contribution is 5.77. The first-order valence-corrected chi connectivity index (χ1v) is 4.87. The van der Waals surface area contributed by atoms with Gasteiger partial charge in [0.15, 0.2) is 0 Å². The molecule has 0 fully saturated rings. The molecule has 0 aliphatic heterocycles. The first kappa shape index (κ1) is 11.9. The van der Waals surface area contributed by atoms with Crippen LogP contribution < -0.4 is 5.73 Å². The zero-order chi connectivity index (χ0) is 12.7. The summed E-state index contributed by atoms with van der Waals surface area (Å²) in [6, 6.07) is 7.55. The summed E-state index contributed by atoms with van der Waals surface area (Å²) < 4.78 is 43.2. The van der Waals surface area contributed by atoms with E-state index in [4.69, 9.17) is 10.2 Å². The molecule has 92 valence electrons. The van der Waals surface area contributed by atoms with Crippen LogP contribution in [0.15, 0.2) is 34.7 Å². The van der Waals surface area contributed by atoms with Crippen molar-refractivity contribution in [3.8, 4) is 0 Å². The first-order valence-electron chi connectivity index (χ1n) is 4.87. The first-order chi connectivity index (χ1) is 7.88. The molecule has 6 heteroatoms. The molecule has 1 heterocycles. The molecule has 2 rings (SSSR count). The second kappa shape index (κ2) is 3.75. The van der Waals surface area contributed by atoms with E-state index in [0.29, 0.717) is 5.39 Å². The molecule has 0 bridgehead atoms. The van der Waals surface area contributed by atoms with Crippen molar-refractivity contribution in [3.63, 3.8) is 0 Å². The third-order valence-electron chi connectivity index (χ3n) is 2.60. The van der Waals surface area contributed by atoms with E-state index in [2.05, 4.69) is 0 Å². The summed E-state index contributed by atoms with van der Waals surface area (Å²) in [4.78, 5) is 0. The molecular formula is C11H10F3NO2. The van der Waals surface area contributed by atoms with Gasteiger partial charge in [0.25, 0.3) is 0 Å². The van der Waals surface area contributed by atoms with Crippen molar-refractivity contribution in [2.75, 3.05) is 6.54 Å². The molecule has 0 spiro atoms. The Morgan fingerprint density at radius 2 is 1.88 bits per heavy atom. The zero-order valence-electron chi connectivity index (χ0n) is 8.66. The van der Waals surface area contributed by atoms with Crippen molar-refractivity contribution < 1.29 is 22.7 Å². The van der Waals surface area contributed by atoms with Gasteiger partial charge in [0.05, 0.1) is 0 Å². The second-order valence-corrected chi connectivity index (χ2v) is 3.71. The van der Waals surface area contributed by atoms with E-state index < -0.39 is 24.1 Å². The molecule has 17 heavy (non-hydrogen) atoms. The Hall–Kier alpha value is -1.53. The maximum Gasteiger partial charge on any atom is 0.425 e. The van der Waals surface area contributed by atoms with Gasteiger partial charge in [0, 0.05) is 11.9 Å². The van der Waals surface area contributed by atoms with E-state index in [1.165, 1.54) is 6.07 Å². The Morgan fingerprint density at radius 3 is 2.41 bits per heavy atom. The lowest BCUT2D eigenvalue weighted by Crippen LogP contribution is -2.48. The van der Waals surface area contributed by atoms with E-state index in [0.717, 1.165) is 6.07 Å². The van der Waals surface area contributed by atoms with Gasteiger partial charge in [0.2, 0.25) is 5.60 Å². The van der Waals surface area contributed by atoms with Crippen LogP contribution in [0.2, 0.25) is 0 Å². The van der Waals surface area contributed by atoms with Crippen LogP contribution in [-0.4, -0.2) is 17.8 Å². The molecule has 0 saturated heterocycles. The van der Waals surface area contributed by atoms with Crippen LogP contribution in [0.1, 0.15) is 5.76 Å². The van der Waals surface area contributed by atoms with Crippen LogP contribution in [0, 0.1) is 0 Å². The molecule has 2 aromatic rings. The molecule has 0 amide bonds. The highest BCUT2D eigenvalue weighted by atomic mass is 19.4. The summed E-state index contributed by atoms with van der Waals surface area (Å²) in [5.74, 6) is -0.589. The standard InChI is InChI=1S/C11H10F3NO2/c12-11(13,14)10(16,6-15)9-5-7-3-1-2-4-8(7)17-9/h1-5,16H,6,15H2. The lowest BCUT2D eigenvalue weighted by molar-refractivity contribution is -0.267. The Morgan fingerprint density at radius 1 is 1.24 bits per heavy atom. The molecule has 0 aliphatic carbocycles. The number of hydrogen-bond acceptors (Lipinski definition) is 3. The van der Waals surface area contributed by atoms with Crippen molar-refractivity contribution >= 4 is 11.0 Å². The third kappa shape index (κ3) is 1.79. The van der Waals surface area contributed by atoms with Gasteiger partial charge in [0.1, 0.15) is 11.3 Å². The van der Waals surface area contributed by atoms with Crippen LogP contribution >= 0.6 is 0 Å². The van der Waals surface area contributed by atoms with Gasteiger partial charge in [-0.15, -0.1) is 0 Å². The van der Waals surface area contributed by atoms with E-state index in [-0.39, 0.29) is 5.58 Å². The Labute approximate surface area is 94.6 Å². The van der Waals surface area contributed by atoms with Gasteiger partial charge in [-0.1, -0.05) is 18.2 Å². The second-order valence-electron chi connectivity index (χ2n) is 3.71. The van der Waals surface area contributed by atoms with Gasteiger partial charge < -0.3 is 15.3 Å². The average molecular weight is 245 g/mol. The zero-order valence-corrected chi connectivity index (χ0v) is 8.66. The van der Waals surface area contributed by atoms with Crippen molar-refractivity contribution in [3.05, 3.63) is 36.1 Å². The minimum Gasteiger partial charge on any atom is -0.458 e. The number of furan rings is 1. The van der Waals surface area contributed by atoms with E-state index in [9.17, 15) is 18.3 Å². The smallest absolute Gasteiger partial charge is 0.425 e. The number of aliphatic hydroxyl groups is 1. The molecule has 1 atom stereocenters. The van der Waals surface area contributed by atoms with Crippen LogP contribution in [0.25, 0.3) is 11.0 Å². The molecule has 0 radical (unpaired) electrons. The van der Waals surface area contributed by atoms with Crippen molar-refractivity contribution in [2.45, 2.75) is 11.8 Å². The lowest BCUT2D eigenvalue weighted by atomic mass is 10.0. The molecule has 1 aromatic heterocycles. The van der Waals surface area contributed by atoms with Crippen LogP contribution in [0.4, 0.5) is 13.2 Å². The number of alkyl halides is 3. The fourth-order valence-electron chi connectivity index (χ4n) is 1.54. The highest BCUT2D eigenvalue weighted by Crippen LogP contribution is 2.40. The fourth-order valence-corrected chi connectivity index (χ4v) is 1.54. The molecule has 3 nitrogen and oxygen atoms in total.